The molecule has 38 heavy (non-hydrogen) atoms. The van der Waals surface area contributed by atoms with E-state index < -0.39 is 34.6 Å². The van der Waals surface area contributed by atoms with Crippen LogP contribution in [0.1, 0.15) is 50.0 Å². The van der Waals surface area contributed by atoms with Gasteiger partial charge in [0.05, 0.1) is 27.1 Å². The molecule has 0 amide bonds. The van der Waals surface area contributed by atoms with Gasteiger partial charge in [0.2, 0.25) is 0 Å². The summed E-state index contributed by atoms with van der Waals surface area (Å²) in [6, 6.07) is 8.03. The second-order valence-electron chi connectivity index (χ2n) is 9.06. The summed E-state index contributed by atoms with van der Waals surface area (Å²) in [6.45, 7) is 3.38. The largest absolute Gasteiger partial charge is 0.507 e. The van der Waals surface area contributed by atoms with Crippen LogP contribution in [-0.4, -0.2) is 36.4 Å². The van der Waals surface area contributed by atoms with Gasteiger partial charge in [-0.3, -0.25) is 19.2 Å². The second kappa shape index (κ2) is 10.4. The standard InChI is InChI=1S/C28H26O10/c1-13(9-23(33)35-3)21-11-19(31)25-17(29)7-5-15(27(25)37-21)16-6-8-18(30)26-20(32)12-22(38-28(16)26)14(2)10-24(34)36-4/h5-8,11-14,29-30H,9-10H2,1-4H3. The van der Waals surface area contributed by atoms with Gasteiger partial charge in [0.15, 0.2) is 10.9 Å². The molecule has 0 fully saturated rings. The lowest BCUT2D eigenvalue weighted by atomic mass is 9.97. The van der Waals surface area contributed by atoms with Crippen LogP contribution in [0.25, 0.3) is 33.1 Å². The zero-order valence-electron chi connectivity index (χ0n) is 21.2. The molecule has 2 aromatic heterocycles. The maximum Gasteiger partial charge on any atom is 0.306 e. The molecule has 0 radical (unpaired) electrons. The number of phenolic OH excluding ortho intramolecular Hbond substituents is 2. The van der Waals surface area contributed by atoms with Crippen molar-refractivity contribution in [3.05, 3.63) is 68.4 Å². The Labute approximate surface area is 216 Å². The van der Waals surface area contributed by atoms with Crippen molar-refractivity contribution < 1.29 is 38.1 Å². The molecular weight excluding hydrogens is 496 g/mol. The van der Waals surface area contributed by atoms with Crippen molar-refractivity contribution >= 4 is 33.9 Å². The molecule has 2 atom stereocenters. The number of phenols is 2. The average molecular weight is 523 g/mol. The highest BCUT2D eigenvalue weighted by atomic mass is 16.5. The maximum atomic E-state index is 13.0. The lowest BCUT2D eigenvalue weighted by Gasteiger charge is -2.15. The number of fused-ring (bicyclic) bond motifs is 2. The average Bonchev–Trinajstić information content (AvgIpc) is 2.88. The number of esters is 2. The van der Waals surface area contributed by atoms with E-state index in [1.54, 1.807) is 13.8 Å². The van der Waals surface area contributed by atoms with E-state index in [0.717, 1.165) is 0 Å². The number of hydrogen-bond acceptors (Lipinski definition) is 10. The van der Waals surface area contributed by atoms with Crippen LogP contribution in [0, 0.1) is 0 Å². The number of methoxy groups -OCH3 is 2. The Balaban J connectivity index is 2.00. The number of ether oxygens (including phenoxy) is 2. The zero-order chi connectivity index (χ0) is 27.7. The van der Waals surface area contributed by atoms with E-state index in [4.69, 9.17) is 18.3 Å². The Morgan fingerprint density at radius 3 is 1.45 bits per heavy atom. The monoisotopic (exact) mass is 522 g/mol. The van der Waals surface area contributed by atoms with Gasteiger partial charge in [0.25, 0.3) is 0 Å². The smallest absolute Gasteiger partial charge is 0.306 e. The highest BCUT2D eigenvalue weighted by Crippen LogP contribution is 2.39. The summed E-state index contributed by atoms with van der Waals surface area (Å²) in [5.41, 5.74) is -0.455. The molecule has 2 aromatic carbocycles. The van der Waals surface area contributed by atoms with Gasteiger partial charge in [-0.25, -0.2) is 0 Å². The molecule has 4 rings (SSSR count). The highest BCUT2D eigenvalue weighted by molar-refractivity contribution is 6.03. The molecule has 0 saturated carbocycles. The van der Waals surface area contributed by atoms with Gasteiger partial charge in [-0.05, 0) is 24.3 Å². The lowest BCUT2D eigenvalue weighted by Crippen LogP contribution is -2.10. The van der Waals surface area contributed by atoms with Crippen LogP contribution in [0.2, 0.25) is 0 Å². The van der Waals surface area contributed by atoms with E-state index in [0.29, 0.717) is 11.1 Å². The van der Waals surface area contributed by atoms with Crippen molar-refractivity contribution in [1.82, 2.24) is 0 Å². The minimum absolute atomic E-state index is 0.00636. The Bertz CT molecular complexity index is 1550. The molecule has 0 aliphatic heterocycles. The summed E-state index contributed by atoms with van der Waals surface area (Å²) in [6.07, 6.45) is -0.0882. The first kappa shape index (κ1) is 26.5. The van der Waals surface area contributed by atoms with E-state index in [-0.39, 0.29) is 57.8 Å². The third-order valence-electron chi connectivity index (χ3n) is 6.41. The zero-order valence-corrected chi connectivity index (χ0v) is 21.2. The van der Waals surface area contributed by atoms with Crippen LogP contribution in [0.4, 0.5) is 0 Å². The van der Waals surface area contributed by atoms with Crippen LogP contribution in [0.3, 0.4) is 0 Å². The third kappa shape index (κ3) is 4.84. The highest BCUT2D eigenvalue weighted by Gasteiger charge is 2.23. The van der Waals surface area contributed by atoms with Crippen LogP contribution in [-0.2, 0) is 19.1 Å². The van der Waals surface area contributed by atoms with Crippen molar-refractivity contribution in [3.63, 3.8) is 0 Å². The number of rotatable bonds is 7. The summed E-state index contributed by atoms with van der Waals surface area (Å²) >= 11 is 0. The normalized spacial score (nSPS) is 12.8. The predicted octanol–water partition coefficient (Wildman–Crippen LogP) is 4.31. The molecule has 4 aromatic rings. The molecule has 0 bridgehead atoms. The predicted molar refractivity (Wildman–Crippen MR) is 137 cm³/mol. The molecule has 10 nitrogen and oxygen atoms in total. The van der Waals surface area contributed by atoms with Gasteiger partial charge in [0, 0.05) is 35.1 Å². The van der Waals surface area contributed by atoms with Gasteiger partial charge >= 0.3 is 11.9 Å². The van der Waals surface area contributed by atoms with Gasteiger partial charge in [0.1, 0.15) is 45.0 Å². The Hall–Kier alpha value is -4.60. The maximum absolute atomic E-state index is 13.0. The fourth-order valence-electron chi connectivity index (χ4n) is 4.31. The van der Waals surface area contributed by atoms with Crippen molar-refractivity contribution in [2.75, 3.05) is 14.2 Å². The summed E-state index contributed by atoms with van der Waals surface area (Å²) in [5.74, 6) is -2.27. The van der Waals surface area contributed by atoms with Crippen LogP contribution < -0.4 is 10.9 Å². The molecule has 0 aliphatic rings. The molecule has 0 aliphatic carbocycles. The van der Waals surface area contributed by atoms with Crippen molar-refractivity contribution in [1.29, 1.82) is 0 Å². The molecule has 2 heterocycles. The molecule has 198 valence electrons. The molecule has 10 heteroatoms. The Morgan fingerprint density at radius 1 is 0.737 bits per heavy atom. The summed E-state index contributed by atoms with van der Waals surface area (Å²) < 4.78 is 21.5. The number of carbonyl (C=O) groups is 2. The first-order valence-electron chi connectivity index (χ1n) is 11.8. The van der Waals surface area contributed by atoms with Crippen molar-refractivity contribution in [2.45, 2.75) is 38.5 Å². The van der Waals surface area contributed by atoms with Crippen LogP contribution >= 0.6 is 0 Å². The quantitative estimate of drug-likeness (QED) is 0.336. The number of benzene rings is 2. The van der Waals surface area contributed by atoms with Crippen molar-refractivity contribution in [2.24, 2.45) is 0 Å². The lowest BCUT2D eigenvalue weighted by molar-refractivity contribution is -0.142. The first-order valence-corrected chi connectivity index (χ1v) is 11.8. The molecule has 2 N–H and O–H groups in total. The number of carbonyl (C=O) groups excluding carboxylic acids is 2. The fraction of sp³-hybridized carbons (Fsp3) is 0.286. The van der Waals surface area contributed by atoms with E-state index >= 15 is 0 Å². The van der Waals surface area contributed by atoms with Gasteiger partial charge in [-0.1, -0.05) is 13.8 Å². The minimum atomic E-state index is -0.533. The SMILES string of the molecule is COC(=O)CC(C)c1cc(=O)c2c(O)ccc(-c3ccc(O)c4c(=O)cc(C(C)CC(=O)OC)oc34)c2o1. The van der Waals surface area contributed by atoms with E-state index in [1.807, 2.05) is 0 Å². The van der Waals surface area contributed by atoms with Gasteiger partial charge in [-0.15, -0.1) is 0 Å². The molecule has 2 unspecified atom stereocenters. The molecular formula is C28H26O10. The number of aromatic hydroxyl groups is 2. The van der Waals surface area contributed by atoms with Crippen LogP contribution in [0.15, 0.2) is 54.8 Å². The van der Waals surface area contributed by atoms with Crippen LogP contribution in [0.5, 0.6) is 11.5 Å². The van der Waals surface area contributed by atoms with E-state index in [9.17, 15) is 29.4 Å². The third-order valence-corrected chi connectivity index (χ3v) is 6.41. The Kier molecular flexibility index (Phi) is 7.25. The Morgan fingerprint density at radius 2 is 1.11 bits per heavy atom. The first-order chi connectivity index (χ1) is 18.0. The molecule has 0 saturated heterocycles. The van der Waals surface area contributed by atoms with E-state index in [1.165, 1.54) is 50.6 Å². The summed E-state index contributed by atoms with van der Waals surface area (Å²) in [5, 5.41) is 20.7. The fourth-order valence-corrected chi connectivity index (χ4v) is 4.31. The van der Waals surface area contributed by atoms with Gasteiger partial charge < -0.3 is 28.5 Å². The molecule has 0 spiro atoms. The van der Waals surface area contributed by atoms with E-state index in [2.05, 4.69) is 0 Å². The van der Waals surface area contributed by atoms with Crippen molar-refractivity contribution in [3.8, 4) is 22.6 Å². The summed E-state index contributed by atoms with van der Waals surface area (Å²) in [4.78, 5) is 49.6. The minimum Gasteiger partial charge on any atom is -0.507 e. The summed E-state index contributed by atoms with van der Waals surface area (Å²) in [7, 11) is 2.51. The topological polar surface area (TPSA) is 153 Å². The van der Waals surface area contributed by atoms with Gasteiger partial charge in [-0.2, -0.15) is 0 Å². The number of hydrogen-bond donors (Lipinski definition) is 2. The second-order valence-corrected chi connectivity index (χ2v) is 9.06.